The third kappa shape index (κ3) is 2.08. The molecule has 1 saturated carbocycles. The lowest BCUT2D eigenvalue weighted by Gasteiger charge is -1.93. The number of alkyl halides is 2. The molecular formula is C6H8F2O. The Labute approximate surface area is 52.1 Å². The average Bonchev–Trinajstić information content (AvgIpc) is 2.50. The summed E-state index contributed by atoms with van der Waals surface area (Å²) < 4.78 is 22.9. The minimum Gasteiger partial charge on any atom is -0.293 e. The van der Waals surface area contributed by atoms with E-state index >= 15 is 0 Å². The molecule has 52 valence electrons. The number of carbonyl (C=O) groups is 1. The fraction of sp³-hybridized carbons (Fsp3) is 0.833. The van der Waals surface area contributed by atoms with E-state index in [-0.39, 0.29) is 12.3 Å². The van der Waals surface area contributed by atoms with Crippen molar-refractivity contribution >= 4 is 5.78 Å². The van der Waals surface area contributed by atoms with Crippen LogP contribution in [-0.4, -0.2) is 12.2 Å². The number of carbonyl (C=O) groups excluding carboxylic acids is 1. The first-order valence-electron chi connectivity index (χ1n) is 3.01. The minimum absolute atomic E-state index is 0.0949. The summed E-state index contributed by atoms with van der Waals surface area (Å²) in [5.74, 6) is -0.607. The van der Waals surface area contributed by atoms with E-state index in [0.717, 1.165) is 12.8 Å². The summed E-state index contributed by atoms with van der Waals surface area (Å²) in [6.45, 7) is 0. The molecule has 1 aliphatic carbocycles. The molecular weight excluding hydrogens is 126 g/mol. The Morgan fingerprint density at radius 2 is 2.11 bits per heavy atom. The fourth-order valence-electron chi connectivity index (χ4n) is 0.696. The van der Waals surface area contributed by atoms with Crippen LogP contribution >= 0.6 is 0 Å². The summed E-state index contributed by atoms with van der Waals surface area (Å²) in [6, 6.07) is 0. The second-order valence-electron chi connectivity index (χ2n) is 2.41. The van der Waals surface area contributed by atoms with Crippen LogP contribution in [0.3, 0.4) is 0 Å². The molecule has 1 rings (SSSR count). The molecule has 0 unspecified atom stereocenters. The molecule has 0 heterocycles. The van der Waals surface area contributed by atoms with Gasteiger partial charge in [0.2, 0.25) is 0 Å². The summed E-state index contributed by atoms with van der Waals surface area (Å²) in [5.41, 5.74) is 0. The third-order valence-corrected chi connectivity index (χ3v) is 1.43. The largest absolute Gasteiger partial charge is 0.295 e. The molecule has 1 aliphatic rings. The Hall–Kier alpha value is -0.470. The molecule has 1 fully saturated rings. The molecule has 0 bridgehead atoms. The lowest BCUT2D eigenvalue weighted by Crippen LogP contribution is -2.09. The molecule has 0 aromatic carbocycles. The van der Waals surface area contributed by atoms with Crippen LogP contribution in [0.1, 0.15) is 19.3 Å². The molecule has 0 spiro atoms. The number of rotatable bonds is 3. The molecule has 0 aromatic rings. The first kappa shape index (κ1) is 6.65. The summed E-state index contributed by atoms with van der Waals surface area (Å²) >= 11 is 0. The van der Waals surface area contributed by atoms with Crippen molar-refractivity contribution in [1.29, 1.82) is 0 Å². The molecule has 0 N–H and O–H groups in total. The summed E-state index contributed by atoms with van der Waals surface area (Å²) in [5, 5.41) is 0. The maximum atomic E-state index is 11.5. The Balaban J connectivity index is 2.17. The van der Waals surface area contributed by atoms with E-state index in [9.17, 15) is 13.6 Å². The Morgan fingerprint density at radius 3 is 2.44 bits per heavy atom. The fourth-order valence-corrected chi connectivity index (χ4v) is 0.696. The number of hydrogen-bond donors (Lipinski definition) is 0. The van der Waals surface area contributed by atoms with E-state index in [1.165, 1.54) is 0 Å². The van der Waals surface area contributed by atoms with Gasteiger partial charge in [-0.25, -0.2) is 8.78 Å². The van der Waals surface area contributed by atoms with Gasteiger partial charge in [-0.15, -0.1) is 0 Å². The Bertz CT molecular complexity index is 118. The van der Waals surface area contributed by atoms with Crippen LogP contribution in [0, 0.1) is 5.92 Å². The van der Waals surface area contributed by atoms with Crippen molar-refractivity contribution in [3.05, 3.63) is 0 Å². The summed E-state index contributed by atoms with van der Waals surface area (Å²) in [7, 11) is 0. The topological polar surface area (TPSA) is 17.1 Å². The SMILES string of the molecule is O=C(CC1CC1)C(F)F. The van der Waals surface area contributed by atoms with E-state index in [4.69, 9.17) is 0 Å². The maximum Gasteiger partial charge on any atom is 0.295 e. The van der Waals surface area contributed by atoms with Crippen LogP contribution in [0.5, 0.6) is 0 Å². The molecule has 0 atom stereocenters. The predicted octanol–water partition coefficient (Wildman–Crippen LogP) is 1.62. The van der Waals surface area contributed by atoms with Gasteiger partial charge in [0, 0.05) is 6.42 Å². The quantitative estimate of drug-likeness (QED) is 0.573. The van der Waals surface area contributed by atoms with Crippen molar-refractivity contribution in [3.8, 4) is 0 Å². The molecule has 0 amide bonds. The number of Topliss-reactive ketones (excluding diaryl/α,β-unsaturated/α-hetero) is 1. The summed E-state index contributed by atoms with van der Waals surface area (Å²) in [4.78, 5) is 10.2. The predicted molar refractivity (Wildman–Crippen MR) is 28.4 cm³/mol. The molecule has 1 nitrogen and oxygen atoms in total. The van der Waals surface area contributed by atoms with E-state index in [1.54, 1.807) is 0 Å². The van der Waals surface area contributed by atoms with E-state index in [1.807, 2.05) is 0 Å². The highest BCUT2D eigenvalue weighted by Gasteiger charge is 2.27. The lowest BCUT2D eigenvalue weighted by atomic mass is 10.2. The van der Waals surface area contributed by atoms with Crippen LogP contribution in [0.25, 0.3) is 0 Å². The minimum atomic E-state index is -2.74. The second kappa shape index (κ2) is 2.42. The van der Waals surface area contributed by atoms with Gasteiger partial charge in [0.15, 0.2) is 5.78 Å². The highest BCUT2D eigenvalue weighted by Crippen LogP contribution is 2.33. The monoisotopic (exact) mass is 134 g/mol. The van der Waals surface area contributed by atoms with Crippen molar-refractivity contribution in [3.63, 3.8) is 0 Å². The number of ketones is 1. The van der Waals surface area contributed by atoms with Crippen molar-refractivity contribution in [2.75, 3.05) is 0 Å². The van der Waals surface area contributed by atoms with Gasteiger partial charge >= 0.3 is 0 Å². The van der Waals surface area contributed by atoms with E-state index in [0.29, 0.717) is 0 Å². The van der Waals surface area contributed by atoms with Gasteiger partial charge in [-0.3, -0.25) is 4.79 Å². The summed E-state index contributed by atoms with van der Waals surface area (Å²) in [6.07, 6.45) is -0.736. The lowest BCUT2D eigenvalue weighted by molar-refractivity contribution is -0.129. The van der Waals surface area contributed by atoms with Crippen LogP contribution in [0.15, 0.2) is 0 Å². The van der Waals surface area contributed by atoms with Gasteiger partial charge in [0.1, 0.15) is 0 Å². The number of halogens is 2. The van der Waals surface area contributed by atoms with Crippen LogP contribution in [0.4, 0.5) is 8.78 Å². The van der Waals surface area contributed by atoms with Crippen LogP contribution < -0.4 is 0 Å². The number of hydrogen-bond acceptors (Lipinski definition) is 1. The standard InChI is InChI=1S/C6H8F2O/c7-6(8)5(9)3-4-1-2-4/h4,6H,1-3H2. The molecule has 0 radical (unpaired) electrons. The second-order valence-corrected chi connectivity index (χ2v) is 2.41. The van der Waals surface area contributed by atoms with Gasteiger partial charge in [-0.05, 0) is 18.8 Å². The smallest absolute Gasteiger partial charge is 0.293 e. The van der Waals surface area contributed by atoms with Gasteiger partial charge in [0.05, 0.1) is 0 Å². The van der Waals surface area contributed by atoms with Gasteiger partial charge in [-0.1, -0.05) is 0 Å². The third-order valence-electron chi connectivity index (χ3n) is 1.43. The van der Waals surface area contributed by atoms with E-state index in [2.05, 4.69) is 0 Å². The van der Waals surface area contributed by atoms with Gasteiger partial charge in [0.25, 0.3) is 6.43 Å². The maximum absolute atomic E-state index is 11.5. The molecule has 3 heteroatoms. The molecule has 9 heavy (non-hydrogen) atoms. The molecule has 0 aromatic heterocycles. The normalized spacial score (nSPS) is 18.6. The van der Waals surface area contributed by atoms with E-state index < -0.39 is 12.2 Å². The first-order chi connectivity index (χ1) is 4.20. The Kier molecular flexibility index (Phi) is 1.78. The zero-order valence-electron chi connectivity index (χ0n) is 4.94. The van der Waals surface area contributed by atoms with Crippen LogP contribution in [0.2, 0.25) is 0 Å². The van der Waals surface area contributed by atoms with Crippen molar-refractivity contribution in [1.82, 2.24) is 0 Å². The zero-order chi connectivity index (χ0) is 6.85. The Morgan fingerprint density at radius 1 is 1.56 bits per heavy atom. The van der Waals surface area contributed by atoms with Crippen molar-refractivity contribution in [2.24, 2.45) is 5.92 Å². The first-order valence-corrected chi connectivity index (χ1v) is 3.01. The zero-order valence-corrected chi connectivity index (χ0v) is 4.94. The highest BCUT2D eigenvalue weighted by molar-refractivity contribution is 5.81. The molecule has 0 aliphatic heterocycles. The van der Waals surface area contributed by atoms with Crippen molar-refractivity contribution < 1.29 is 13.6 Å². The van der Waals surface area contributed by atoms with Gasteiger partial charge in [-0.2, -0.15) is 0 Å². The van der Waals surface area contributed by atoms with Gasteiger partial charge < -0.3 is 0 Å². The van der Waals surface area contributed by atoms with Crippen molar-refractivity contribution in [2.45, 2.75) is 25.7 Å². The average molecular weight is 134 g/mol. The molecule has 0 saturated heterocycles. The van der Waals surface area contributed by atoms with Crippen LogP contribution in [-0.2, 0) is 4.79 Å². The highest BCUT2D eigenvalue weighted by atomic mass is 19.3.